The SMILES string of the molecule is CCCNC(CC)c1ccc(SCCN(CC)CC)cn1. The molecule has 0 fully saturated rings. The summed E-state index contributed by atoms with van der Waals surface area (Å²) in [7, 11) is 0. The van der Waals surface area contributed by atoms with Crippen LogP contribution in [0, 0.1) is 0 Å². The minimum atomic E-state index is 0.389. The maximum atomic E-state index is 4.64. The quantitative estimate of drug-likeness (QED) is 0.626. The molecule has 1 atom stereocenters. The second-order valence-corrected chi connectivity index (χ2v) is 6.38. The molecule has 0 aliphatic carbocycles. The van der Waals surface area contributed by atoms with Crippen LogP contribution in [0.25, 0.3) is 0 Å². The second-order valence-electron chi connectivity index (χ2n) is 5.21. The predicted octanol–water partition coefficient (Wildman–Crippen LogP) is 3.97. The average molecular weight is 310 g/mol. The Labute approximate surface area is 134 Å². The van der Waals surface area contributed by atoms with Gasteiger partial charge in [0.15, 0.2) is 0 Å². The van der Waals surface area contributed by atoms with Crippen molar-refractivity contribution in [1.82, 2.24) is 15.2 Å². The van der Waals surface area contributed by atoms with Crippen LogP contribution in [0.5, 0.6) is 0 Å². The molecule has 0 spiro atoms. The highest BCUT2D eigenvalue weighted by Crippen LogP contribution is 2.20. The third-order valence-electron chi connectivity index (χ3n) is 3.74. The van der Waals surface area contributed by atoms with Gasteiger partial charge in [-0.25, -0.2) is 0 Å². The zero-order chi connectivity index (χ0) is 15.5. The molecule has 0 saturated heterocycles. The summed E-state index contributed by atoms with van der Waals surface area (Å²) in [6, 6.07) is 4.78. The molecule has 21 heavy (non-hydrogen) atoms. The van der Waals surface area contributed by atoms with Gasteiger partial charge in [0.2, 0.25) is 0 Å². The van der Waals surface area contributed by atoms with E-state index in [1.165, 1.54) is 10.6 Å². The molecule has 1 rings (SSSR count). The molecule has 1 heterocycles. The lowest BCUT2D eigenvalue weighted by Crippen LogP contribution is -2.25. The Hall–Kier alpha value is -0.580. The third-order valence-corrected chi connectivity index (χ3v) is 4.70. The maximum absolute atomic E-state index is 4.64. The van der Waals surface area contributed by atoms with Gasteiger partial charge in [-0.3, -0.25) is 4.98 Å². The summed E-state index contributed by atoms with van der Waals surface area (Å²) in [6.45, 7) is 13.3. The van der Waals surface area contributed by atoms with E-state index in [9.17, 15) is 0 Å². The van der Waals surface area contributed by atoms with Crippen molar-refractivity contribution in [3.8, 4) is 0 Å². The van der Waals surface area contributed by atoms with Gasteiger partial charge in [-0.05, 0) is 44.6 Å². The standard InChI is InChI=1S/C17H31N3S/c1-5-11-18-16(6-2)17-10-9-15(14-19-17)21-13-12-20(7-3)8-4/h9-10,14,16,18H,5-8,11-13H2,1-4H3. The molecular weight excluding hydrogens is 278 g/mol. The van der Waals surface area contributed by atoms with Gasteiger partial charge >= 0.3 is 0 Å². The molecule has 1 aromatic heterocycles. The molecule has 120 valence electrons. The highest BCUT2D eigenvalue weighted by molar-refractivity contribution is 7.99. The van der Waals surface area contributed by atoms with Crippen molar-refractivity contribution in [3.05, 3.63) is 24.0 Å². The highest BCUT2D eigenvalue weighted by atomic mass is 32.2. The van der Waals surface area contributed by atoms with Crippen molar-refractivity contribution >= 4 is 11.8 Å². The van der Waals surface area contributed by atoms with Crippen molar-refractivity contribution in [3.63, 3.8) is 0 Å². The molecule has 1 unspecified atom stereocenters. The number of nitrogens with zero attached hydrogens (tertiary/aromatic N) is 2. The number of thioether (sulfide) groups is 1. The minimum Gasteiger partial charge on any atom is -0.309 e. The van der Waals surface area contributed by atoms with E-state index in [-0.39, 0.29) is 0 Å². The number of nitrogens with one attached hydrogen (secondary N) is 1. The summed E-state index contributed by atoms with van der Waals surface area (Å²) in [6.07, 6.45) is 4.27. The summed E-state index contributed by atoms with van der Waals surface area (Å²) in [5.41, 5.74) is 1.17. The molecule has 0 radical (unpaired) electrons. The van der Waals surface area contributed by atoms with Crippen LogP contribution < -0.4 is 5.32 Å². The van der Waals surface area contributed by atoms with E-state index < -0.39 is 0 Å². The molecule has 4 heteroatoms. The minimum absolute atomic E-state index is 0.389. The monoisotopic (exact) mass is 309 g/mol. The molecular formula is C17H31N3S. The van der Waals surface area contributed by atoms with E-state index in [0.29, 0.717) is 6.04 Å². The average Bonchev–Trinajstić information content (AvgIpc) is 2.53. The van der Waals surface area contributed by atoms with Gasteiger partial charge in [-0.2, -0.15) is 0 Å². The van der Waals surface area contributed by atoms with Crippen LogP contribution in [0.4, 0.5) is 0 Å². The van der Waals surface area contributed by atoms with Crippen LogP contribution in [0.15, 0.2) is 23.2 Å². The zero-order valence-corrected chi connectivity index (χ0v) is 14.9. The van der Waals surface area contributed by atoms with Gasteiger partial charge in [0.25, 0.3) is 0 Å². The normalized spacial score (nSPS) is 12.8. The van der Waals surface area contributed by atoms with Gasteiger partial charge < -0.3 is 10.2 Å². The van der Waals surface area contributed by atoms with E-state index in [1.54, 1.807) is 0 Å². The first-order chi connectivity index (χ1) is 10.2. The molecule has 0 aliphatic rings. The fourth-order valence-corrected chi connectivity index (χ4v) is 3.17. The second kappa shape index (κ2) is 11.0. The first kappa shape index (κ1) is 18.5. The predicted molar refractivity (Wildman–Crippen MR) is 94.1 cm³/mol. The topological polar surface area (TPSA) is 28.2 Å². The molecule has 1 N–H and O–H groups in total. The fourth-order valence-electron chi connectivity index (χ4n) is 2.29. The van der Waals surface area contributed by atoms with Crippen molar-refractivity contribution < 1.29 is 0 Å². The summed E-state index contributed by atoms with van der Waals surface area (Å²) in [4.78, 5) is 8.37. The lowest BCUT2D eigenvalue weighted by molar-refractivity contribution is 0.324. The number of pyridine rings is 1. The summed E-state index contributed by atoms with van der Waals surface area (Å²) >= 11 is 1.90. The molecule has 1 aromatic rings. The number of rotatable bonds is 11. The van der Waals surface area contributed by atoms with E-state index in [1.807, 2.05) is 18.0 Å². The van der Waals surface area contributed by atoms with Crippen molar-refractivity contribution in [2.45, 2.75) is 51.5 Å². The highest BCUT2D eigenvalue weighted by Gasteiger charge is 2.09. The molecule has 0 aromatic carbocycles. The largest absolute Gasteiger partial charge is 0.309 e. The van der Waals surface area contributed by atoms with Crippen LogP contribution in [0.3, 0.4) is 0 Å². The Morgan fingerprint density at radius 1 is 1.19 bits per heavy atom. The van der Waals surface area contributed by atoms with E-state index in [4.69, 9.17) is 0 Å². The third kappa shape index (κ3) is 6.81. The lowest BCUT2D eigenvalue weighted by Gasteiger charge is -2.18. The van der Waals surface area contributed by atoms with Crippen molar-refractivity contribution in [2.24, 2.45) is 0 Å². The number of aromatic nitrogens is 1. The van der Waals surface area contributed by atoms with Crippen LogP contribution >= 0.6 is 11.8 Å². The summed E-state index contributed by atoms with van der Waals surface area (Å²) < 4.78 is 0. The number of hydrogen-bond donors (Lipinski definition) is 1. The summed E-state index contributed by atoms with van der Waals surface area (Å²) in [5, 5.41) is 3.55. The van der Waals surface area contributed by atoms with Gasteiger partial charge in [-0.1, -0.05) is 27.7 Å². The van der Waals surface area contributed by atoms with Crippen molar-refractivity contribution in [2.75, 3.05) is 31.9 Å². The fraction of sp³-hybridized carbons (Fsp3) is 0.706. The van der Waals surface area contributed by atoms with Crippen LogP contribution in [0.2, 0.25) is 0 Å². The molecule has 0 aliphatic heterocycles. The van der Waals surface area contributed by atoms with Gasteiger partial charge in [-0.15, -0.1) is 11.8 Å². The lowest BCUT2D eigenvalue weighted by atomic mass is 10.1. The van der Waals surface area contributed by atoms with E-state index in [2.05, 4.69) is 55.0 Å². The Morgan fingerprint density at radius 3 is 2.48 bits per heavy atom. The van der Waals surface area contributed by atoms with Crippen LogP contribution in [-0.4, -0.2) is 41.8 Å². The maximum Gasteiger partial charge on any atom is 0.0573 e. The van der Waals surface area contributed by atoms with Gasteiger partial charge in [0, 0.05) is 29.4 Å². The number of hydrogen-bond acceptors (Lipinski definition) is 4. The molecule has 0 amide bonds. The van der Waals surface area contributed by atoms with E-state index in [0.717, 1.165) is 44.8 Å². The Balaban J connectivity index is 2.45. The molecule has 3 nitrogen and oxygen atoms in total. The van der Waals surface area contributed by atoms with E-state index >= 15 is 0 Å². The molecule has 0 saturated carbocycles. The Kier molecular flexibility index (Phi) is 9.72. The Morgan fingerprint density at radius 2 is 1.95 bits per heavy atom. The first-order valence-corrected chi connectivity index (χ1v) is 9.28. The smallest absolute Gasteiger partial charge is 0.0573 e. The van der Waals surface area contributed by atoms with Gasteiger partial charge in [0.05, 0.1) is 5.69 Å². The zero-order valence-electron chi connectivity index (χ0n) is 14.1. The Bertz CT molecular complexity index is 363. The van der Waals surface area contributed by atoms with Crippen LogP contribution in [0.1, 0.15) is 52.3 Å². The first-order valence-electron chi connectivity index (χ1n) is 8.29. The van der Waals surface area contributed by atoms with Gasteiger partial charge in [0.1, 0.15) is 0 Å². The molecule has 0 bridgehead atoms. The van der Waals surface area contributed by atoms with Crippen LogP contribution in [-0.2, 0) is 0 Å². The summed E-state index contributed by atoms with van der Waals surface area (Å²) in [5.74, 6) is 1.13. The van der Waals surface area contributed by atoms with Crippen molar-refractivity contribution in [1.29, 1.82) is 0 Å².